The maximum Gasteiger partial charge on any atom is 0.224 e. The maximum atomic E-state index is 11.2. The second kappa shape index (κ2) is 6.27. The molecule has 0 aliphatic rings. The van der Waals surface area contributed by atoms with Crippen LogP contribution in [0.2, 0.25) is 0 Å². The summed E-state index contributed by atoms with van der Waals surface area (Å²) in [7, 11) is 0. The van der Waals surface area contributed by atoms with E-state index in [1.807, 2.05) is 19.1 Å². The number of rotatable bonds is 3. The molecule has 1 amide bonds. The molecule has 0 saturated heterocycles. The minimum absolute atomic E-state index is 0. The summed E-state index contributed by atoms with van der Waals surface area (Å²) in [5.74, 6) is 0.0143. The van der Waals surface area contributed by atoms with Gasteiger partial charge in [0.15, 0.2) is 0 Å². The molecule has 0 fully saturated rings. The van der Waals surface area contributed by atoms with Gasteiger partial charge in [0, 0.05) is 6.42 Å². The van der Waals surface area contributed by atoms with Crippen LogP contribution in [0.15, 0.2) is 24.3 Å². The summed E-state index contributed by atoms with van der Waals surface area (Å²) in [4.78, 5) is 11.2. The number of para-hydroxylation sites is 2. The predicted molar refractivity (Wildman–Crippen MR) is 61.6 cm³/mol. The number of amides is 1. The van der Waals surface area contributed by atoms with Gasteiger partial charge < -0.3 is 11.1 Å². The fraction of sp³-hybridized carbons (Fsp3) is 0.300. The van der Waals surface area contributed by atoms with Crippen LogP contribution in [-0.2, 0) is 4.79 Å². The molecule has 0 unspecified atom stereocenters. The van der Waals surface area contributed by atoms with Gasteiger partial charge >= 0.3 is 0 Å². The van der Waals surface area contributed by atoms with Gasteiger partial charge in [-0.15, -0.1) is 12.4 Å². The van der Waals surface area contributed by atoms with Crippen LogP contribution in [0.1, 0.15) is 19.8 Å². The Labute approximate surface area is 90.1 Å². The van der Waals surface area contributed by atoms with Crippen molar-refractivity contribution in [3.8, 4) is 0 Å². The van der Waals surface area contributed by atoms with Gasteiger partial charge in [-0.25, -0.2) is 0 Å². The summed E-state index contributed by atoms with van der Waals surface area (Å²) < 4.78 is 0. The Hall–Kier alpha value is -1.22. The largest absolute Gasteiger partial charge is 0.397 e. The number of hydrogen-bond acceptors (Lipinski definition) is 2. The van der Waals surface area contributed by atoms with E-state index < -0.39 is 0 Å². The standard InChI is InChI=1S/C10H14N2O.ClH/c1-2-5-10(13)12-9-7-4-3-6-8(9)11;/h3-4,6-7H,2,5,11H2,1H3,(H,12,13);1H. The zero-order valence-electron chi connectivity index (χ0n) is 8.12. The molecule has 1 rings (SSSR count). The van der Waals surface area contributed by atoms with Gasteiger partial charge in [0.1, 0.15) is 0 Å². The summed E-state index contributed by atoms with van der Waals surface area (Å²) in [6.07, 6.45) is 1.38. The van der Waals surface area contributed by atoms with Gasteiger partial charge in [0.25, 0.3) is 0 Å². The minimum Gasteiger partial charge on any atom is -0.397 e. The number of nitrogen functional groups attached to an aromatic ring is 1. The van der Waals surface area contributed by atoms with Crippen LogP contribution >= 0.6 is 12.4 Å². The van der Waals surface area contributed by atoms with E-state index in [4.69, 9.17) is 5.73 Å². The third-order valence-electron chi connectivity index (χ3n) is 1.71. The Balaban J connectivity index is 0.00000169. The zero-order valence-corrected chi connectivity index (χ0v) is 8.93. The average molecular weight is 215 g/mol. The van der Waals surface area contributed by atoms with Gasteiger partial charge in [-0.05, 0) is 18.6 Å². The molecule has 0 radical (unpaired) electrons. The van der Waals surface area contributed by atoms with Crippen LogP contribution < -0.4 is 11.1 Å². The number of carbonyl (C=O) groups is 1. The lowest BCUT2D eigenvalue weighted by Gasteiger charge is -2.06. The Kier molecular flexibility index (Phi) is 5.72. The molecule has 3 nitrogen and oxygen atoms in total. The molecular formula is C10H15ClN2O. The first-order valence-electron chi connectivity index (χ1n) is 4.38. The summed E-state index contributed by atoms with van der Waals surface area (Å²) in [5.41, 5.74) is 6.95. The van der Waals surface area contributed by atoms with Crippen molar-refractivity contribution in [2.45, 2.75) is 19.8 Å². The van der Waals surface area contributed by atoms with Crippen LogP contribution in [0.4, 0.5) is 11.4 Å². The van der Waals surface area contributed by atoms with E-state index >= 15 is 0 Å². The third kappa shape index (κ3) is 3.66. The molecule has 4 heteroatoms. The van der Waals surface area contributed by atoms with E-state index in [0.717, 1.165) is 6.42 Å². The summed E-state index contributed by atoms with van der Waals surface area (Å²) in [6.45, 7) is 1.97. The first-order valence-corrected chi connectivity index (χ1v) is 4.38. The zero-order chi connectivity index (χ0) is 9.68. The topological polar surface area (TPSA) is 55.1 Å². The third-order valence-corrected chi connectivity index (χ3v) is 1.71. The normalized spacial score (nSPS) is 8.93. The van der Waals surface area contributed by atoms with Gasteiger partial charge in [-0.3, -0.25) is 4.79 Å². The second-order valence-electron chi connectivity index (χ2n) is 2.89. The van der Waals surface area contributed by atoms with Crippen LogP contribution in [0.3, 0.4) is 0 Å². The molecule has 0 saturated carbocycles. The van der Waals surface area contributed by atoms with E-state index in [9.17, 15) is 4.79 Å². The molecule has 78 valence electrons. The fourth-order valence-electron chi connectivity index (χ4n) is 1.05. The number of carbonyl (C=O) groups excluding carboxylic acids is 1. The molecule has 0 atom stereocenters. The van der Waals surface area contributed by atoms with Crippen LogP contribution in [-0.4, -0.2) is 5.91 Å². The molecule has 0 spiro atoms. The Morgan fingerprint density at radius 1 is 1.43 bits per heavy atom. The van der Waals surface area contributed by atoms with Crippen LogP contribution in [0.5, 0.6) is 0 Å². The van der Waals surface area contributed by atoms with Gasteiger partial charge in [-0.1, -0.05) is 19.1 Å². The molecule has 0 aromatic heterocycles. The number of nitrogens with two attached hydrogens (primary N) is 1. The van der Waals surface area contributed by atoms with Crippen molar-refractivity contribution < 1.29 is 4.79 Å². The smallest absolute Gasteiger partial charge is 0.224 e. The van der Waals surface area contributed by atoms with Gasteiger partial charge in [-0.2, -0.15) is 0 Å². The lowest BCUT2D eigenvalue weighted by atomic mass is 10.2. The molecule has 3 N–H and O–H groups in total. The first-order chi connectivity index (χ1) is 6.24. The van der Waals surface area contributed by atoms with Crippen LogP contribution in [0, 0.1) is 0 Å². The molecule has 14 heavy (non-hydrogen) atoms. The van der Waals surface area contributed by atoms with E-state index in [-0.39, 0.29) is 18.3 Å². The Bertz CT molecular complexity index is 302. The quantitative estimate of drug-likeness (QED) is 0.760. The fourth-order valence-corrected chi connectivity index (χ4v) is 1.05. The Morgan fingerprint density at radius 2 is 2.07 bits per heavy atom. The van der Waals surface area contributed by atoms with E-state index in [1.165, 1.54) is 0 Å². The van der Waals surface area contributed by atoms with E-state index in [1.54, 1.807) is 12.1 Å². The van der Waals surface area contributed by atoms with E-state index in [2.05, 4.69) is 5.32 Å². The highest BCUT2D eigenvalue weighted by Crippen LogP contribution is 2.16. The molecule has 0 aliphatic heterocycles. The highest BCUT2D eigenvalue weighted by molar-refractivity contribution is 5.93. The number of halogens is 1. The highest BCUT2D eigenvalue weighted by Gasteiger charge is 2.02. The predicted octanol–water partition coefficient (Wildman–Crippen LogP) is 2.43. The van der Waals surface area contributed by atoms with Crippen molar-refractivity contribution in [3.63, 3.8) is 0 Å². The minimum atomic E-state index is 0. The molecular weight excluding hydrogens is 200 g/mol. The number of anilines is 2. The summed E-state index contributed by atoms with van der Waals surface area (Å²) in [5, 5.41) is 2.75. The second-order valence-corrected chi connectivity index (χ2v) is 2.89. The van der Waals surface area contributed by atoms with Gasteiger partial charge in [0.2, 0.25) is 5.91 Å². The van der Waals surface area contributed by atoms with Crippen molar-refractivity contribution in [1.29, 1.82) is 0 Å². The van der Waals surface area contributed by atoms with Crippen molar-refractivity contribution in [2.75, 3.05) is 11.1 Å². The molecule has 0 bridgehead atoms. The summed E-state index contributed by atoms with van der Waals surface area (Å²) >= 11 is 0. The molecule has 1 aromatic carbocycles. The van der Waals surface area contributed by atoms with Crippen molar-refractivity contribution in [2.24, 2.45) is 0 Å². The van der Waals surface area contributed by atoms with Crippen molar-refractivity contribution >= 4 is 29.7 Å². The summed E-state index contributed by atoms with van der Waals surface area (Å²) in [6, 6.07) is 7.24. The molecule has 1 aromatic rings. The van der Waals surface area contributed by atoms with Crippen molar-refractivity contribution in [1.82, 2.24) is 0 Å². The van der Waals surface area contributed by atoms with Crippen molar-refractivity contribution in [3.05, 3.63) is 24.3 Å². The van der Waals surface area contributed by atoms with E-state index in [0.29, 0.717) is 17.8 Å². The monoisotopic (exact) mass is 214 g/mol. The SMILES string of the molecule is CCCC(=O)Nc1ccccc1N.Cl. The average Bonchev–Trinajstić information content (AvgIpc) is 2.09. The van der Waals surface area contributed by atoms with Gasteiger partial charge in [0.05, 0.1) is 11.4 Å². The lowest BCUT2D eigenvalue weighted by Crippen LogP contribution is -2.11. The van der Waals surface area contributed by atoms with Crippen LogP contribution in [0.25, 0.3) is 0 Å². The Morgan fingerprint density at radius 3 is 2.64 bits per heavy atom. The highest BCUT2D eigenvalue weighted by atomic mass is 35.5. The number of nitrogens with one attached hydrogen (secondary N) is 1. The number of benzene rings is 1. The number of hydrogen-bond donors (Lipinski definition) is 2. The first kappa shape index (κ1) is 12.8. The molecule has 0 heterocycles. The molecule has 0 aliphatic carbocycles. The lowest BCUT2D eigenvalue weighted by molar-refractivity contribution is -0.116. The maximum absolute atomic E-state index is 11.2.